The Hall–Kier alpha value is -0.930. The third kappa shape index (κ3) is 2.25. The zero-order valence-electron chi connectivity index (χ0n) is 9.08. The Bertz CT molecular complexity index is 543. The summed E-state index contributed by atoms with van der Waals surface area (Å²) in [7, 11) is 0. The normalized spacial score (nSPS) is 10.4. The Kier molecular flexibility index (Phi) is 3.26. The molecule has 0 amide bonds. The number of hydrogen-bond acceptors (Lipinski definition) is 2. The molecule has 0 atom stereocenters. The van der Waals surface area contributed by atoms with Crippen molar-refractivity contribution in [3.63, 3.8) is 0 Å². The summed E-state index contributed by atoms with van der Waals surface area (Å²) in [6.45, 7) is 4.01. The highest BCUT2D eigenvalue weighted by Gasteiger charge is 2.13. The molecule has 0 radical (unpaired) electrons. The summed E-state index contributed by atoms with van der Waals surface area (Å²) in [4.78, 5) is 13.0. The maximum atomic E-state index is 12.2. The molecule has 0 aliphatic heterocycles. The fraction of sp³-hybridized carbons (Fsp3) is 0.154. The SMILES string of the molecule is Cc1ccc(C(=O)c2ccc(Br)s2)c(C)c1. The molecular weight excluding hydrogens is 284 g/mol. The fourth-order valence-corrected chi connectivity index (χ4v) is 2.98. The number of benzene rings is 1. The van der Waals surface area contributed by atoms with E-state index in [2.05, 4.69) is 15.9 Å². The average molecular weight is 295 g/mol. The van der Waals surface area contributed by atoms with E-state index in [4.69, 9.17) is 0 Å². The van der Waals surface area contributed by atoms with Crippen LogP contribution < -0.4 is 0 Å². The predicted octanol–water partition coefficient (Wildman–Crippen LogP) is 4.36. The lowest BCUT2D eigenvalue weighted by atomic mass is 10.0. The van der Waals surface area contributed by atoms with Gasteiger partial charge in [0, 0.05) is 5.56 Å². The largest absolute Gasteiger partial charge is 0.288 e. The van der Waals surface area contributed by atoms with Gasteiger partial charge in [-0.2, -0.15) is 0 Å². The van der Waals surface area contributed by atoms with Crippen LogP contribution in [0, 0.1) is 13.8 Å². The molecule has 2 aromatic rings. The maximum absolute atomic E-state index is 12.2. The van der Waals surface area contributed by atoms with Gasteiger partial charge in [-0.25, -0.2) is 0 Å². The molecule has 16 heavy (non-hydrogen) atoms. The number of rotatable bonds is 2. The van der Waals surface area contributed by atoms with Gasteiger partial charge in [0.25, 0.3) is 0 Å². The molecule has 0 spiro atoms. The molecule has 1 aromatic heterocycles. The lowest BCUT2D eigenvalue weighted by molar-refractivity contribution is 0.104. The molecule has 0 unspecified atom stereocenters. The van der Waals surface area contributed by atoms with Gasteiger partial charge < -0.3 is 0 Å². The molecule has 0 aliphatic rings. The first-order chi connectivity index (χ1) is 7.58. The molecule has 0 saturated carbocycles. The van der Waals surface area contributed by atoms with Crippen molar-refractivity contribution in [1.29, 1.82) is 0 Å². The van der Waals surface area contributed by atoms with E-state index in [9.17, 15) is 4.79 Å². The number of ketones is 1. The summed E-state index contributed by atoms with van der Waals surface area (Å²) < 4.78 is 0.987. The Labute approximate surface area is 107 Å². The highest BCUT2D eigenvalue weighted by Crippen LogP contribution is 2.25. The zero-order chi connectivity index (χ0) is 11.7. The Morgan fingerprint density at radius 3 is 2.50 bits per heavy atom. The molecule has 0 fully saturated rings. The molecule has 1 aromatic carbocycles. The molecule has 0 saturated heterocycles. The van der Waals surface area contributed by atoms with Crippen LogP contribution in [0.1, 0.15) is 26.4 Å². The second-order valence-electron chi connectivity index (χ2n) is 3.75. The van der Waals surface area contributed by atoms with Gasteiger partial charge in [0.2, 0.25) is 5.78 Å². The Balaban J connectivity index is 2.41. The number of carbonyl (C=O) groups is 1. The molecule has 3 heteroatoms. The van der Waals surface area contributed by atoms with Crippen LogP contribution in [0.4, 0.5) is 0 Å². The van der Waals surface area contributed by atoms with E-state index in [0.29, 0.717) is 0 Å². The maximum Gasteiger partial charge on any atom is 0.203 e. The minimum atomic E-state index is 0.105. The lowest BCUT2D eigenvalue weighted by Gasteiger charge is -2.04. The quantitative estimate of drug-likeness (QED) is 0.752. The zero-order valence-corrected chi connectivity index (χ0v) is 11.5. The van der Waals surface area contributed by atoms with Crippen LogP contribution in [-0.4, -0.2) is 5.78 Å². The third-order valence-corrected chi connectivity index (χ3v) is 4.05. The van der Waals surface area contributed by atoms with Crippen molar-refractivity contribution in [2.24, 2.45) is 0 Å². The van der Waals surface area contributed by atoms with Crippen molar-refractivity contribution < 1.29 is 4.79 Å². The van der Waals surface area contributed by atoms with Crippen molar-refractivity contribution in [3.05, 3.63) is 55.7 Å². The first kappa shape index (κ1) is 11.6. The highest BCUT2D eigenvalue weighted by molar-refractivity contribution is 9.11. The van der Waals surface area contributed by atoms with Crippen molar-refractivity contribution in [2.75, 3.05) is 0 Å². The molecule has 2 rings (SSSR count). The standard InChI is InChI=1S/C13H11BrOS/c1-8-3-4-10(9(2)7-8)13(15)11-5-6-12(14)16-11/h3-7H,1-2H3. The molecule has 0 N–H and O–H groups in total. The van der Waals surface area contributed by atoms with Crippen LogP contribution in [0.3, 0.4) is 0 Å². The summed E-state index contributed by atoms with van der Waals surface area (Å²) in [6, 6.07) is 9.68. The van der Waals surface area contributed by atoms with E-state index in [0.717, 1.165) is 19.8 Å². The number of hydrogen-bond donors (Lipinski definition) is 0. The van der Waals surface area contributed by atoms with Crippen LogP contribution in [0.5, 0.6) is 0 Å². The highest BCUT2D eigenvalue weighted by atomic mass is 79.9. The van der Waals surface area contributed by atoms with Crippen LogP contribution in [0.15, 0.2) is 34.1 Å². The monoisotopic (exact) mass is 294 g/mol. The van der Waals surface area contributed by atoms with E-state index in [-0.39, 0.29) is 5.78 Å². The van der Waals surface area contributed by atoms with Crippen LogP contribution >= 0.6 is 27.3 Å². The minimum Gasteiger partial charge on any atom is -0.288 e. The molecular formula is C13H11BrOS. The first-order valence-electron chi connectivity index (χ1n) is 4.95. The smallest absolute Gasteiger partial charge is 0.203 e. The molecule has 82 valence electrons. The van der Waals surface area contributed by atoms with Gasteiger partial charge in [0.15, 0.2) is 0 Å². The number of aryl methyl sites for hydroxylation is 2. The fourth-order valence-electron chi connectivity index (χ4n) is 1.64. The number of halogens is 1. The summed E-state index contributed by atoms with van der Waals surface area (Å²) in [6.07, 6.45) is 0. The predicted molar refractivity (Wildman–Crippen MR) is 71.4 cm³/mol. The van der Waals surface area contributed by atoms with Gasteiger partial charge in [-0.15, -0.1) is 11.3 Å². The van der Waals surface area contributed by atoms with Crippen LogP contribution in [-0.2, 0) is 0 Å². The van der Waals surface area contributed by atoms with E-state index < -0.39 is 0 Å². The van der Waals surface area contributed by atoms with E-state index in [1.165, 1.54) is 16.9 Å². The van der Waals surface area contributed by atoms with Crippen molar-refractivity contribution >= 4 is 33.0 Å². The van der Waals surface area contributed by atoms with E-state index >= 15 is 0 Å². The minimum absolute atomic E-state index is 0.105. The van der Waals surface area contributed by atoms with Crippen LogP contribution in [0.25, 0.3) is 0 Å². The second kappa shape index (κ2) is 4.52. The first-order valence-corrected chi connectivity index (χ1v) is 6.56. The molecule has 0 aliphatic carbocycles. The molecule has 1 heterocycles. The van der Waals surface area contributed by atoms with Crippen molar-refractivity contribution in [2.45, 2.75) is 13.8 Å². The topological polar surface area (TPSA) is 17.1 Å². The van der Waals surface area contributed by atoms with Crippen molar-refractivity contribution in [1.82, 2.24) is 0 Å². The van der Waals surface area contributed by atoms with Gasteiger partial charge in [-0.1, -0.05) is 23.8 Å². The summed E-state index contributed by atoms with van der Waals surface area (Å²) >= 11 is 4.84. The van der Waals surface area contributed by atoms with Crippen LogP contribution in [0.2, 0.25) is 0 Å². The average Bonchev–Trinajstić information content (AvgIpc) is 2.64. The van der Waals surface area contributed by atoms with Gasteiger partial charge in [0.1, 0.15) is 0 Å². The lowest BCUT2D eigenvalue weighted by Crippen LogP contribution is -2.01. The van der Waals surface area contributed by atoms with Gasteiger partial charge in [-0.3, -0.25) is 4.79 Å². The summed E-state index contributed by atoms with van der Waals surface area (Å²) in [5.41, 5.74) is 3.01. The van der Waals surface area contributed by atoms with E-state index in [1.807, 2.05) is 44.2 Å². The van der Waals surface area contributed by atoms with E-state index in [1.54, 1.807) is 0 Å². The number of carbonyl (C=O) groups excluding carboxylic acids is 1. The molecule has 1 nitrogen and oxygen atoms in total. The third-order valence-electron chi connectivity index (χ3n) is 2.42. The summed E-state index contributed by atoms with van der Waals surface area (Å²) in [5, 5.41) is 0. The van der Waals surface area contributed by atoms with Gasteiger partial charge in [0.05, 0.1) is 8.66 Å². The Morgan fingerprint density at radius 1 is 1.19 bits per heavy atom. The van der Waals surface area contributed by atoms with Gasteiger partial charge in [-0.05, 0) is 47.5 Å². The Morgan fingerprint density at radius 2 is 1.94 bits per heavy atom. The van der Waals surface area contributed by atoms with Gasteiger partial charge >= 0.3 is 0 Å². The number of thiophene rings is 1. The van der Waals surface area contributed by atoms with Crippen molar-refractivity contribution in [3.8, 4) is 0 Å². The molecule has 0 bridgehead atoms. The summed E-state index contributed by atoms with van der Waals surface area (Å²) in [5.74, 6) is 0.105. The second-order valence-corrected chi connectivity index (χ2v) is 6.21.